The highest BCUT2D eigenvalue weighted by Gasteiger charge is 2.16. The van der Waals surface area contributed by atoms with Gasteiger partial charge in [-0.05, 0) is 30.3 Å². The molecule has 0 fully saturated rings. The molecule has 2 N–H and O–H groups in total. The molecule has 0 aliphatic heterocycles. The van der Waals surface area contributed by atoms with Crippen LogP contribution in [0.2, 0.25) is 0 Å². The fraction of sp³-hybridized carbons (Fsp3) is 0.0526. The minimum absolute atomic E-state index is 0. The maximum Gasteiger partial charge on any atom is 0.261 e. The third-order valence-electron chi connectivity index (χ3n) is 3.59. The molecule has 1 aliphatic carbocycles. The first-order valence-electron chi connectivity index (χ1n) is 7.72. The number of rotatable bonds is 5. The molecule has 3 rings (SSSR count). The molecular weight excluding hydrogens is 336 g/mol. The van der Waals surface area contributed by atoms with E-state index in [2.05, 4.69) is 10.0 Å². The van der Waals surface area contributed by atoms with Gasteiger partial charge in [0.25, 0.3) is 15.9 Å². The Kier molecular flexibility index (Phi) is 5.00. The van der Waals surface area contributed by atoms with Crippen molar-refractivity contribution in [2.75, 3.05) is 4.72 Å². The predicted octanol–water partition coefficient (Wildman–Crippen LogP) is 3.41. The molecular formula is C19H21N2O3S. The lowest BCUT2D eigenvalue weighted by atomic mass is 10.1. The third kappa shape index (κ3) is 4.36. The fourth-order valence-corrected chi connectivity index (χ4v) is 3.44. The zero-order chi connectivity index (χ0) is 17.7. The monoisotopic (exact) mass is 357 g/mol. The number of allylic oxidation sites excluding steroid dienone is 2. The second-order valence-corrected chi connectivity index (χ2v) is 7.14. The first-order chi connectivity index (χ1) is 12.0. The van der Waals surface area contributed by atoms with E-state index < -0.39 is 10.0 Å². The van der Waals surface area contributed by atoms with Crippen LogP contribution in [0.15, 0.2) is 83.8 Å². The molecule has 1 radical (unpaired) electrons. The van der Waals surface area contributed by atoms with Crippen molar-refractivity contribution >= 4 is 21.6 Å². The lowest BCUT2D eigenvalue weighted by Gasteiger charge is -2.15. The van der Waals surface area contributed by atoms with Crippen LogP contribution in [0, 0.1) is 6.42 Å². The van der Waals surface area contributed by atoms with Gasteiger partial charge in [-0.25, -0.2) is 8.42 Å². The van der Waals surface area contributed by atoms with Crippen LogP contribution in [0.4, 0.5) is 5.69 Å². The number of carbonyl (C=O) groups is 1. The maximum absolute atomic E-state index is 12.4. The van der Waals surface area contributed by atoms with E-state index in [4.69, 9.17) is 0 Å². The van der Waals surface area contributed by atoms with Crippen molar-refractivity contribution in [3.8, 4) is 0 Å². The van der Waals surface area contributed by atoms with Gasteiger partial charge in [-0.1, -0.05) is 48.6 Å². The van der Waals surface area contributed by atoms with Gasteiger partial charge >= 0.3 is 0 Å². The van der Waals surface area contributed by atoms with Gasteiger partial charge in [-0.15, -0.1) is 0 Å². The quantitative estimate of drug-likeness (QED) is 0.861. The summed E-state index contributed by atoms with van der Waals surface area (Å²) in [6.07, 6.45) is 9.31. The zero-order valence-electron chi connectivity index (χ0n) is 13.3. The van der Waals surface area contributed by atoms with Gasteiger partial charge in [-0.3, -0.25) is 9.52 Å². The Morgan fingerprint density at radius 1 is 0.960 bits per heavy atom. The Balaban J connectivity index is 0.00000182. The minimum Gasteiger partial charge on any atom is -0.345 e. The van der Waals surface area contributed by atoms with Gasteiger partial charge in [-0.2, -0.15) is 0 Å². The number of nitrogens with one attached hydrogen (secondary N) is 2. The van der Waals surface area contributed by atoms with Crippen LogP contribution >= 0.6 is 0 Å². The molecule has 0 saturated heterocycles. The smallest absolute Gasteiger partial charge is 0.261 e. The van der Waals surface area contributed by atoms with Gasteiger partial charge in [0.15, 0.2) is 0 Å². The fourth-order valence-electron chi connectivity index (χ4n) is 2.36. The van der Waals surface area contributed by atoms with Crippen LogP contribution in [0.1, 0.15) is 13.2 Å². The van der Waals surface area contributed by atoms with E-state index in [-0.39, 0.29) is 19.7 Å². The highest BCUT2D eigenvalue weighted by atomic mass is 32.2. The average Bonchev–Trinajstić information content (AvgIpc) is 2.63. The summed E-state index contributed by atoms with van der Waals surface area (Å²) in [7, 11) is -3.69. The summed E-state index contributed by atoms with van der Waals surface area (Å²) in [5, 5.41) is 2.85. The average molecular weight is 357 g/mol. The molecule has 0 heterocycles. The number of carbonyl (C=O) groups excluding carboxylic acids is 1. The lowest BCUT2D eigenvalue weighted by Crippen LogP contribution is -2.34. The molecule has 1 unspecified atom stereocenters. The van der Waals surface area contributed by atoms with Crippen molar-refractivity contribution in [3.63, 3.8) is 0 Å². The van der Waals surface area contributed by atoms with E-state index in [1.165, 1.54) is 18.2 Å². The highest BCUT2D eigenvalue weighted by molar-refractivity contribution is 7.92. The van der Waals surface area contributed by atoms with E-state index in [0.717, 1.165) is 0 Å². The molecule has 131 valence electrons. The summed E-state index contributed by atoms with van der Waals surface area (Å²) in [5.74, 6) is -0.276. The van der Waals surface area contributed by atoms with Crippen LogP contribution in [-0.4, -0.2) is 20.4 Å². The van der Waals surface area contributed by atoms with E-state index in [1.54, 1.807) is 36.4 Å². The molecule has 0 spiro atoms. The largest absolute Gasteiger partial charge is 0.345 e. The second-order valence-electron chi connectivity index (χ2n) is 5.46. The Morgan fingerprint density at radius 2 is 1.76 bits per heavy atom. The van der Waals surface area contributed by atoms with E-state index in [1.807, 2.05) is 30.7 Å². The molecule has 25 heavy (non-hydrogen) atoms. The summed E-state index contributed by atoms with van der Waals surface area (Å²) < 4.78 is 27.2. The third-order valence-corrected chi connectivity index (χ3v) is 4.98. The normalized spacial score (nSPS) is 16.4. The van der Waals surface area contributed by atoms with Crippen LogP contribution in [0.25, 0.3) is 0 Å². The lowest BCUT2D eigenvalue weighted by molar-refractivity contribution is 0.0949. The molecule has 0 saturated carbocycles. The summed E-state index contributed by atoms with van der Waals surface area (Å²) in [6.45, 7) is 0. The van der Waals surface area contributed by atoms with Crippen LogP contribution in [-0.2, 0) is 10.0 Å². The van der Waals surface area contributed by atoms with E-state index in [9.17, 15) is 13.2 Å². The number of anilines is 1. The predicted molar refractivity (Wildman–Crippen MR) is 102 cm³/mol. The first-order valence-corrected chi connectivity index (χ1v) is 9.20. The molecule has 0 aromatic heterocycles. The number of hydrogen-bond acceptors (Lipinski definition) is 3. The Bertz CT molecular complexity index is 929. The van der Waals surface area contributed by atoms with Crippen LogP contribution in [0.5, 0.6) is 0 Å². The first kappa shape index (κ1) is 17.0. The summed E-state index contributed by atoms with van der Waals surface area (Å²) >= 11 is 0. The van der Waals surface area contributed by atoms with Crippen LogP contribution in [0.3, 0.4) is 0 Å². The van der Waals surface area contributed by atoms with Gasteiger partial charge in [0.1, 0.15) is 0 Å². The second kappa shape index (κ2) is 7.36. The standard InChI is InChI=1S/C19H17N2O3S.2H2/c22-19(20-16-9-3-1-4-10-16)15-8-7-11-17(14-15)21-25(23,24)18-12-5-2-6-13-18;;/h1-14,16,21H,(H,20,22);2*1H. The van der Waals surface area contributed by atoms with Crippen molar-refractivity contribution in [2.45, 2.75) is 10.9 Å². The van der Waals surface area contributed by atoms with E-state index >= 15 is 0 Å². The van der Waals surface area contributed by atoms with E-state index in [0.29, 0.717) is 11.3 Å². The van der Waals surface area contributed by atoms with Gasteiger partial charge < -0.3 is 5.32 Å². The molecule has 0 bridgehead atoms. The SMILES string of the molecule is O=C(NC1[CH]C=CC=C1)c1cccc(NS(=O)(=O)c2ccccc2)c1.[HH].[HH]. The molecule has 1 atom stereocenters. The Morgan fingerprint density at radius 3 is 2.48 bits per heavy atom. The van der Waals surface area contributed by atoms with Gasteiger partial charge in [0, 0.05) is 20.5 Å². The number of sulfonamides is 1. The molecule has 1 aliphatic rings. The van der Waals surface area contributed by atoms with Crippen molar-refractivity contribution in [1.29, 1.82) is 0 Å². The van der Waals surface area contributed by atoms with Gasteiger partial charge in [0.2, 0.25) is 0 Å². The van der Waals surface area contributed by atoms with Crippen molar-refractivity contribution < 1.29 is 16.1 Å². The Labute approximate surface area is 150 Å². The van der Waals surface area contributed by atoms with Gasteiger partial charge in [0.05, 0.1) is 10.9 Å². The summed E-state index contributed by atoms with van der Waals surface area (Å²) in [5.41, 5.74) is 0.712. The molecule has 2 aromatic carbocycles. The summed E-state index contributed by atoms with van der Waals surface area (Å²) in [4.78, 5) is 12.5. The maximum atomic E-state index is 12.4. The number of hydrogen-bond donors (Lipinski definition) is 2. The number of benzene rings is 2. The zero-order valence-corrected chi connectivity index (χ0v) is 14.1. The van der Waals surface area contributed by atoms with Crippen LogP contribution < -0.4 is 10.0 Å². The Hall–Kier alpha value is -2.86. The van der Waals surface area contributed by atoms with Crippen molar-refractivity contribution in [1.82, 2.24) is 5.32 Å². The van der Waals surface area contributed by atoms with Crippen molar-refractivity contribution in [2.24, 2.45) is 0 Å². The molecule has 2 aromatic rings. The highest BCUT2D eigenvalue weighted by Crippen LogP contribution is 2.17. The topological polar surface area (TPSA) is 75.3 Å². The molecule has 5 nitrogen and oxygen atoms in total. The molecule has 1 amide bonds. The summed E-state index contributed by atoms with van der Waals surface area (Å²) in [6, 6.07) is 14.3. The van der Waals surface area contributed by atoms with Crippen molar-refractivity contribution in [3.05, 3.63) is 90.9 Å². The minimum atomic E-state index is -3.69. The number of amides is 1. The molecule has 6 heteroatoms.